The molecule has 1 N–H and O–H groups in total. The fraction of sp³-hybridized carbons (Fsp3) is 0.750. The van der Waals surface area contributed by atoms with Crippen molar-refractivity contribution in [3.63, 3.8) is 0 Å². The molecule has 0 saturated heterocycles. The molecule has 0 bridgehead atoms. The quantitative estimate of drug-likeness (QED) is 0.765. The van der Waals surface area contributed by atoms with E-state index >= 15 is 0 Å². The molecular formula is C20H32O2. The van der Waals surface area contributed by atoms with Crippen molar-refractivity contribution in [2.45, 2.75) is 66.7 Å². The highest BCUT2D eigenvalue weighted by atomic mass is 16.2. The Hall–Kier alpha value is -0.890. The minimum atomic E-state index is 0.0958. The summed E-state index contributed by atoms with van der Waals surface area (Å²) in [6.07, 6.45) is 9.11. The van der Waals surface area contributed by atoms with E-state index in [2.05, 4.69) is 34.6 Å². The van der Waals surface area contributed by atoms with Crippen molar-refractivity contribution in [3.05, 3.63) is 23.3 Å². The first kappa shape index (κ1) is 17.5. The molecule has 2 aliphatic carbocycles. The Morgan fingerprint density at radius 1 is 1.36 bits per heavy atom. The second-order valence-electron chi connectivity index (χ2n) is 8.41. The van der Waals surface area contributed by atoms with Crippen molar-refractivity contribution in [2.24, 2.45) is 22.7 Å². The van der Waals surface area contributed by atoms with Crippen LogP contribution in [0.15, 0.2) is 23.3 Å². The Morgan fingerprint density at radius 2 is 2.05 bits per heavy atom. The van der Waals surface area contributed by atoms with Gasteiger partial charge < -0.3 is 5.11 Å². The molecule has 2 heteroatoms. The second kappa shape index (κ2) is 6.31. The Morgan fingerprint density at radius 3 is 2.68 bits per heavy atom. The maximum atomic E-state index is 12.2. The van der Waals surface area contributed by atoms with E-state index in [0.717, 1.165) is 12.8 Å². The topological polar surface area (TPSA) is 37.3 Å². The van der Waals surface area contributed by atoms with Crippen molar-refractivity contribution >= 4 is 5.78 Å². The van der Waals surface area contributed by atoms with Gasteiger partial charge in [-0.25, -0.2) is 0 Å². The molecule has 1 fully saturated rings. The molecule has 3 unspecified atom stereocenters. The lowest BCUT2D eigenvalue weighted by atomic mass is 9.52. The van der Waals surface area contributed by atoms with Gasteiger partial charge in [-0.2, -0.15) is 0 Å². The maximum absolute atomic E-state index is 12.2. The molecule has 0 spiro atoms. The lowest BCUT2D eigenvalue weighted by Crippen LogP contribution is -2.44. The van der Waals surface area contributed by atoms with Crippen LogP contribution in [0, 0.1) is 22.7 Å². The lowest BCUT2D eigenvalue weighted by molar-refractivity contribution is -0.118. The van der Waals surface area contributed by atoms with E-state index in [1.165, 1.54) is 24.0 Å². The summed E-state index contributed by atoms with van der Waals surface area (Å²) in [4.78, 5) is 12.2. The molecule has 0 amide bonds. The average molecular weight is 304 g/mol. The zero-order valence-electron chi connectivity index (χ0n) is 14.9. The molecule has 1 saturated carbocycles. The minimum absolute atomic E-state index is 0.0958. The highest BCUT2D eigenvalue weighted by Gasteiger charge is 2.49. The number of hydrogen-bond acceptors (Lipinski definition) is 2. The molecule has 0 aromatic heterocycles. The predicted molar refractivity (Wildman–Crippen MR) is 91.6 cm³/mol. The summed E-state index contributed by atoms with van der Waals surface area (Å²) >= 11 is 0. The monoisotopic (exact) mass is 304 g/mol. The largest absolute Gasteiger partial charge is 0.392 e. The summed E-state index contributed by atoms with van der Waals surface area (Å²) in [7, 11) is 0. The van der Waals surface area contributed by atoms with Gasteiger partial charge in [-0.15, -0.1) is 0 Å². The van der Waals surface area contributed by atoms with Gasteiger partial charge in [-0.3, -0.25) is 4.79 Å². The smallest absolute Gasteiger partial charge is 0.156 e. The van der Waals surface area contributed by atoms with Crippen LogP contribution < -0.4 is 0 Å². The van der Waals surface area contributed by atoms with Gasteiger partial charge in [0, 0.05) is 6.42 Å². The van der Waals surface area contributed by atoms with Gasteiger partial charge in [-0.05, 0) is 61.3 Å². The third-order valence-electron chi connectivity index (χ3n) is 6.38. The van der Waals surface area contributed by atoms with Gasteiger partial charge in [0.15, 0.2) is 5.78 Å². The zero-order valence-corrected chi connectivity index (χ0v) is 14.9. The Balaban J connectivity index is 2.31. The van der Waals surface area contributed by atoms with Gasteiger partial charge in [-0.1, -0.05) is 44.9 Å². The molecule has 0 aromatic carbocycles. The minimum Gasteiger partial charge on any atom is -0.392 e. The number of rotatable bonds is 4. The third kappa shape index (κ3) is 3.22. The first-order chi connectivity index (χ1) is 10.2. The standard InChI is InChI=1S/C20H32O2/c1-14(9-11-21)8-10-20(5)15(2)6-7-17-18(20)12-16(22)13-19(17,3)4/h9,12,15,17,21H,6-8,10-11,13H2,1-5H3. The molecule has 0 heterocycles. The molecular weight excluding hydrogens is 272 g/mol. The van der Waals surface area contributed by atoms with Gasteiger partial charge in [0.2, 0.25) is 0 Å². The first-order valence-electron chi connectivity index (χ1n) is 8.72. The summed E-state index contributed by atoms with van der Waals surface area (Å²) in [6.45, 7) is 11.4. The van der Waals surface area contributed by atoms with Crippen molar-refractivity contribution in [3.8, 4) is 0 Å². The summed E-state index contributed by atoms with van der Waals surface area (Å²) in [5.41, 5.74) is 2.86. The average Bonchev–Trinajstić information content (AvgIpc) is 2.41. The molecule has 0 aromatic rings. The molecule has 0 radical (unpaired) electrons. The van der Waals surface area contributed by atoms with Crippen molar-refractivity contribution in [1.29, 1.82) is 0 Å². The molecule has 2 rings (SSSR count). The molecule has 124 valence electrons. The molecule has 0 aliphatic heterocycles. The normalized spacial score (nSPS) is 35.1. The van der Waals surface area contributed by atoms with Crippen molar-refractivity contribution in [2.75, 3.05) is 6.61 Å². The van der Waals surface area contributed by atoms with Crippen LogP contribution in [0.25, 0.3) is 0 Å². The van der Waals surface area contributed by atoms with Crippen LogP contribution in [0.4, 0.5) is 0 Å². The van der Waals surface area contributed by atoms with E-state index in [9.17, 15) is 4.79 Å². The summed E-state index contributed by atoms with van der Waals surface area (Å²) in [5.74, 6) is 1.46. The Labute approximate surface area is 135 Å². The van der Waals surface area contributed by atoms with E-state index < -0.39 is 0 Å². The van der Waals surface area contributed by atoms with E-state index in [1.807, 2.05) is 12.2 Å². The highest BCUT2D eigenvalue weighted by Crippen LogP contribution is 2.57. The second-order valence-corrected chi connectivity index (χ2v) is 8.41. The number of aliphatic hydroxyl groups excluding tert-OH is 1. The lowest BCUT2D eigenvalue weighted by Gasteiger charge is -2.52. The van der Waals surface area contributed by atoms with Gasteiger partial charge in [0.05, 0.1) is 6.61 Å². The van der Waals surface area contributed by atoms with Gasteiger partial charge in [0.1, 0.15) is 0 Å². The molecule has 2 aliphatic rings. The first-order valence-corrected chi connectivity index (χ1v) is 8.72. The van der Waals surface area contributed by atoms with Crippen LogP contribution in [0.5, 0.6) is 0 Å². The fourth-order valence-electron chi connectivity index (χ4n) is 4.55. The van der Waals surface area contributed by atoms with Crippen LogP contribution in [0.2, 0.25) is 0 Å². The number of hydrogen-bond donors (Lipinski definition) is 1. The summed E-state index contributed by atoms with van der Waals surface area (Å²) < 4.78 is 0. The van der Waals surface area contributed by atoms with Gasteiger partial charge >= 0.3 is 0 Å². The number of carbonyl (C=O) groups is 1. The molecule has 3 atom stereocenters. The number of carbonyl (C=O) groups excluding carboxylic acids is 1. The van der Waals surface area contributed by atoms with E-state index in [-0.39, 0.29) is 17.4 Å². The SMILES string of the molecule is CC(=CCO)CCC1(C)C2=CC(=O)CC(C)(C)C2CCC1C. The zero-order chi connectivity index (χ0) is 16.5. The van der Waals surface area contributed by atoms with Crippen LogP contribution >= 0.6 is 0 Å². The van der Waals surface area contributed by atoms with Crippen LogP contribution in [-0.2, 0) is 4.79 Å². The van der Waals surface area contributed by atoms with E-state index in [0.29, 0.717) is 24.0 Å². The fourth-order valence-corrected chi connectivity index (χ4v) is 4.55. The third-order valence-corrected chi connectivity index (χ3v) is 6.38. The van der Waals surface area contributed by atoms with Crippen molar-refractivity contribution < 1.29 is 9.90 Å². The van der Waals surface area contributed by atoms with E-state index in [1.54, 1.807) is 0 Å². The van der Waals surface area contributed by atoms with Gasteiger partial charge in [0.25, 0.3) is 0 Å². The number of aliphatic hydroxyl groups is 1. The maximum Gasteiger partial charge on any atom is 0.156 e. The van der Waals surface area contributed by atoms with Crippen LogP contribution in [0.1, 0.15) is 66.7 Å². The number of fused-ring (bicyclic) bond motifs is 1. The summed E-state index contributed by atoms with van der Waals surface area (Å²) in [6, 6.07) is 0. The summed E-state index contributed by atoms with van der Waals surface area (Å²) in [5, 5.41) is 9.05. The van der Waals surface area contributed by atoms with Crippen LogP contribution in [-0.4, -0.2) is 17.5 Å². The number of ketones is 1. The molecule has 22 heavy (non-hydrogen) atoms. The van der Waals surface area contributed by atoms with Crippen molar-refractivity contribution in [1.82, 2.24) is 0 Å². The molecule has 2 nitrogen and oxygen atoms in total. The number of allylic oxidation sites excluding steroid dienone is 3. The Kier molecular flexibility index (Phi) is 5.01. The Bertz CT molecular complexity index is 498. The van der Waals surface area contributed by atoms with E-state index in [4.69, 9.17) is 5.11 Å². The highest BCUT2D eigenvalue weighted by molar-refractivity contribution is 5.92. The van der Waals surface area contributed by atoms with Crippen LogP contribution in [0.3, 0.4) is 0 Å². The predicted octanol–water partition coefficient (Wildman–Crippen LogP) is 4.68.